The van der Waals surface area contributed by atoms with Crippen LogP contribution < -0.4 is 5.56 Å². The van der Waals surface area contributed by atoms with Crippen molar-refractivity contribution in [1.29, 1.82) is 0 Å². The molecule has 0 aliphatic carbocycles. The van der Waals surface area contributed by atoms with Crippen molar-refractivity contribution in [2.45, 2.75) is 13.8 Å². The summed E-state index contributed by atoms with van der Waals surface area (Å²) >= 11 is 2.46. The van der Waals surface area contributed by atoms with Crippen LogP contribution in [0.3, 0.4) is 0 Å². The average molecular weight is 362 g/mol. The number of thiophene rings is 2. The Bertz CT molecular complexity index is 1010. The zero-order chi connectivity index (χ0) is 17.4. The van der Waals surface area contributed by atoms with E-state index in [-0.39, 0.29) is 17.9 Å². The largest absolute Gasteiger partial charge is 0.453 e. The third-order valence-electron chi connectivity index (χ3n) is 3.55. The van der Waals surface area contributed by atoms with Crippen molar-refractivity contribution in [2.75, 3.05) is 6.61 Å². The summed E-state index contributed by atoms with van der Waals surface area (Å²) in [5.41, 5.74) is 0.325. The molecule has 0 aliphatic heterocycles. The number of carbonyl (C=O) groups is 2. The summed E-state index contributed by atoms with van der Waals surface area (Å²) < 4.78 is 6.49. The van der Waals surface area contributed by atoms with Gasteiger partial charge < -0.3 is 9.30 Å². The van der Waals surface area contributed by atoms with Crippen molar-refractivity contribution in [3.05, 3.63) is 49.0 Å². The molecule has 0 spiro atoms. The lowest BCUT2D eigenvalue weighted by molar-refractivity contribution is 0.0480. The van der Waals surface area contributed by atoms with Gasteiger partial charge in [0.1, 0.15) is 9.71 Å². The number of nitrogens with zero attached hydrogens (tertiary/aromatic N) is 2. The van der Waals surface area contributed by atoms with Gasteiger partial charge in [0.25, 0.3) is 5.56 Å². The van der Waals surface area contributed by atoms with Gasteiger partial charge in [-0.1, -0.05) is 0 Å². The predicted octanol–water partition coefficient (Wildman–Crippen LogP) is 2.71. The van der Waals surface area contributed by atoms with Gasteiger partial charge in [-0.15, -0.1) is 22.7 Å². The van der Waals surface area contributed by atoms with E-state index >= 15 is 0 Å². The molecule has 0 aromatic carbocycles. The predicted molar refractivity (Wildman–Crippen MR) is 93.3 cm³/mol. The van der Waals surface area contributed by atoms with E-state index in [0.717, 1.165) is 16.2 Å². The van der Waals surface area contributed by atoms with Crippen molar-refractivity contribution in [2.24, 2.45) is 7.05 Å². The van der Waals surface area contributed by atoms with Crippen LogP contribution in [-0.4, -0.2) is 27.9 Å². The fourth-order valence-electron chi connectivity index (χ4n) is 2.26. The number of ketones is 1. The Labute approximate surface area is 145 Å². The first-order valence-corrected chi connectivity index (χ1v) is 8.73. The molecule has 0 unspecified atom stereocenters. The molecule has 0 aliphatic rings. The monoisotopic (exact) mass is 362 g/mol. The summed E-state index contributed by atoms with van der Waals surface area (Å²) in [6.07, 6.45) is 1.42. The Hall–Kier alpha value is -2.32. The lowest BCUT2D eigenvalue weighted by atomic mass is 10.2. The SMILES string of the molecule is Cc1ccc(C(=O)COC(=O)c2sc3ncn(C)c(=O)c3c2C)s1. The minimum Gasteiger partial charge on any atom is -0.453 e. The zero-order valence-corrected chi connectivity index (χ0v) is 14.9. The highest BCUT2D eigenvalue weighted by Gasteiger charge is 2.21. The van der Waals surface area contributed by atoms with E-state index in [1.54, 1.807) is 20.0 Å². The molecule has 0 saturated carbocycles. The van der Waals surface area contributed by atoms with Crippen molar-refractivity contribution < 1.29 is 14.3 Å². The summed E-state index contributed by atoms with van der Waals surface area (Å²) in [4.78, 5) is 43.0. The molecule has 3 heterocycles. The molecule has 0 bridgehead atoms. The first-order valence-electron chi connectivity index (χ1n) is 7.10. The van der Waals surface area contributed by atoms with E-state index < -0.39 is 5.97 Å². The number of rotatable bonds is 4. The van der Waals surface area contributed by atoms with Crippen LogP contribution in [0.1, 0.15) is 29.8 Å². The van der Waals surface area contributed by atoms with Gasteiger partial charge in [0.15, 0.2) is 6.61 Å². The smallest absolute Gasteiger partial charge is 0.349 e. The van der Waals surface area contributed by atoms with E-state index in [1.807, 2.05) is 13.0 Å². The summed E-state index contributed by atoms with van der Waals surface area (Å²) in [6.45, 7) is 3.27. The Morgan fingerprint density at radius 2 is 2.00 bits per heavy atom. The molecule has 124 valence electrons. The fraction of sp³-hybridized carbons (Fsp3) is 0.250. The summed E-state index contributed by atoms with van der Waals surface area (Å²) in [5.74, 6) is -0.853. The minimum absolute atomic E-state index is 0.210. The summed E-state index contributed by atoms with van der Waals surface area (Å²) in [6, 6.07) is 3.56. The van der Waals surface area contributed by atoms with Crippen molar-refractivity contribution >= 4 is 44.6 Å². The lowest BCUT2D eigenvalue weighted by Crippen LogP contribution is -2.17. The third kappa shape index (κ3) is 2.90. The maximum atomic E-state index is 12.3. The molecule has 3 aromatic heterocycles. The summed E-state index contributed by atoms with van der Waals surface area (Å²) in [5, 5.41) is 0.414. The number of esters is 1. The van der Waals surface area contributed by atoms with Crippen LogP contribution >= 0.6 is 22.7 Å². The van der Waals surface area contributed by atoms with Gasteiger partial charge in [0.05, 0.1) is 16.6 Å². The quantitative estimate of drug-likeness (QED) is 0.527. The van der Waals surface area contributed by atoms with Gasteiger partial charge in [-0.3, -0.25) is 9.59 Å². The Morgan fingerprint density at radius 1 is 1.25 bits per heavy atom. The van der Waals surface area contributed by atoms with Crippen molar-refractivity contribution in [3.8, 4) is 0 Å². The Morgan fingerprint density at radius 3 is 2.67 bits per heavy atom. The molecule has 0 amide bonds. The maximum absolute atomic E-state index is 12.3. The fourth-order valence-corrected chi connectivity index (χ4v) is 4.08. The Balaban J connectivity index is 1.82. The van der Waals surface area contributed by atoms with Crippen LogP contribution in [0.25, 0.3) is 10.2 Å². The van der Waals surface area contributed by atoms with E-state index in [2.05, 4.69) is 4.98 Å². The number of fused-ring (bicyclic) bond motifs is 1. The third-order valence-corrected chi connectivity index (χ3v) is 5.77. The highest BCUT2D eigenvalue weighted by molar-refractivity contribution is 7.20. The topological polar surface area (TPSA) is 78.3 Å². The van der Waals surface area contributed by atoms with Crippen LogP contribution in [0.2, 0.25) is 0 Å². The Kier molecular flexibility index (Phi) is 4.33. The van der Waals surface area contributed by atoms with Gasteiger partial charge in [-0.05, 0) is 31.5 Å². The number of carbonyl (C=O) groups excluding carboxylic acids is 2. The number of ether oxygens (including phenoxy) is 1. The van der Waals surface area contributed by atoms with E-state index in [4.69, 9.17) is 4.74 Å². The van der Waals surface area contributed by atoms with E-state index in [0.29, 0.717) is 25.5 Å². The zero-order valence-electron chi connectivity index (χ0n) is 13.3. The molecule has 3 aromatic rings. The van der Waals surface area contributed by atoms with Gasteiger partial charge in [0, 0.05) is 11.9 Å². The van der Waals surface area contributed by atoms with Gasteiger partial charge >= 0.3 is 5.97 Å². The van der Waals surface area contributed by atoms with Crippen LogP contribution in [0.4, 0.5) is 0 Å². The first-order chi connectivity index (χ1) is 11.4. The molecule has 8 heteroatoms. The highest BCUT2D eigenvalue weighted by atomic mass is 32.1. The number of hydrogen-bond donors (Lipinski definition) is 0. The number of aromatic nitrogens is 2. The van der Waals surface area contributed by atoms with Gasteiger partial charge in [-0.2, -0.15) is 0 Å². The molecular formula is C16H14N2O4S2. The maximum Gasteiger partial charge on any atom is 0.349 e. The van der Waals surface area contributed by atoms with Crippen LogP contribution in [0.15, 0.2) is 23.3 Å². The molecule has 0 saturated heterocycles. The lowest BCUT2D eigenvalue weighted by Gasteiger charge is -2.02. The minimum atomic E-state index is -0.612. The highest BCUT2D eigenvalue weighted by Crippen LogP contribution is 2.27. The molecule has 0 atom stereocenters. The van der Waals surface area contributed by atoms with Crippen LogP contribution in [0.5, 0.6) is 0 Å². The second kappa shape index (κ2) is 6.29. The first kappa shape index (κ1) is 16.5. The molecule has 6 nitrogen and oxygen atoms in total. The number of aryl methyl sites for hydroxylation is 3. The summed E-state index contributed by atoms with van der Waals surface area (Å²) in [7, 11) is 1.60. The molecule has 0 N–H and O–H groups in total. The average Bonchev–Trinajstić information content (AvgIpc) is 3.12. The second-order valence-electron chi connectivity index (χ2n) is 5.31. The van der Waals surface area contributed by atoms with Crippen LogP contribution in [0, 0.1) is 13.8 Å². The normalized spacial score (nSPS) is 11.0. The van der Waals surface area contributed by atoms with Gasteiger partial charge in [-0.25, -0.2) is 9.78 Å². The van der Waals surface area contributed by atoms with Gasteiger partial charge in [0.2, 0.25) is 5.78 Å². The molecule has 24 heavy (non-hydrogen) atoms. The van der Waals surface area contributed by atoms with E-state index in [9.17, 15) is 14.4 Å². The number of Topliss-reactive ketones (excluding diaryl/α,β-unsaturated/α-hetero) is 1. The van der Waals surface area contributed by atoms with E-state index in [1.165, 1.54) is 22.2 Å². The van der Waals surface area contributed by atoms with Crippen molar-refractivity contribution in [1.82, 2.24) is 9.55 Å². The second-order valence-corrected chi connectivity index (χ2v) is 7.59. The molecule has 0 fully saturated rings. The molecule has 0 radical (unpaired) electrons. The van der Waals surface area contributed by atoms with Crippen molar-refractivity contribution in [3.63, 3.8) is 0 Å². The number of hydrogen-bond acceptors (Lipinski definition) is 7. The molecule has 3 rings (SSSR count). The molecular weight excluding hydrogens is 348 g/mol. The standard InChI is InChI=1S/C16H14N2O4S2/c1-8-4-5-11(23-8)10(19)6-22-16(21)13-9(2)12-14(24-13)17-7-18(3)15(12)20/h4-5,7H,6H2,1-3H3. The van der Waals surface area contributed by atoms with Crippen LogP contribution in [-0.2, 0) is 11.8 Å².